The van der Waals surface area contributed by atoms with E-state index in [9.17, 15) is 4.79 Å². The predicted octanol–water partition coefficient (Wildman–Crippen LogP) is 7.31. The molecule has 1 atom stereocenters. The molecule has 0 aliphatic carbocycles. The van der Waals surface area contributed by atoms with E-state index in [0.29, 0.717) is 22.3 Å². The van der Waals surface area contributed by atoms with Gasteiger partial charge in [-0.05, 0) is 59.7 Å². The first-order valence-corrected chi connectivity index (χ1v) is 11.7. The highest BCUT2D eigenvalue weighted by Gasteiger charge is 2.30. The number of aromatic nitrogens is 1. The molecular weight excluding hydrogens is 441 g/mol. The van der Waals surface area contributed by atoms with E-state index in [2.05, 4.69) is 73.3 Å². The molecule has 0 bridgehead atoms. The van der Waals surface area contributed by atoms with Crippen LogP contribution in [0.2, 0.25) is 10.0 Å². The Bertz CT molecular complexity index is 1100. The molecule has 4 nitrogen and oxygen atoms in total. The van der Waals surface area contributed by atoms with Gasteiger partial charge < -0.3 is 14.8 Å². The number of urea groups is 1. The van der Waals surface area contributed by atoms with Gasteiger partial charge in [-0.2, -0.15) is 0 Å². The van der Waals surface area contributed by atoms with Crippen LogP contribution in [0, 0.1) is 0 Å². The predicted molar refractivity (Wildman–Crippen MR) is 133 cm³/mol. The third-order valence-electron chi connectivity index (χ3n) is 6.06. The number of aryl methyl sites for hydroxylation is 1. The summed E-state index contributed by atoms with van der Waals surface area (Å²) in [6.07, 6.45) is 3.74. The lowest BCUT2D eigenvalue weighted by Gasteiger charge is -2.31. The van der Waals surface area contributed by atoms with Crippen molar-refractivity contribution in [3.05, 3.63) is 87.7 Å². The Balaban J connectivity index is 1.62. The Hall–Kier alpha value is -2.43. The number of nitrogens with one attached hydrogen (secondary N) is 1. The highest BCUT2D eigenvalue weighted by atomic mass is 35.5. The van der Waals surface area contributed by atoms with Crippen LogP contribution in [0.15, 0.2) is 60.8 Å². The molecule has 4 rings (SSSR count). The van der Waals surface area contributed by atoms with Crippen molar-refractivity contribution in [1.29, 1.82) is 0 Å². The molecule has 1 aliphatic heterocycles. The van der Waals surface area contributed by atoms with Crippen LogP contribution < -0.4 is 5.32 Å². The monoisotopic (exact) mass is 469 g/mol. The first-order valence-electron chi connectivity index (χ1n) is 11.0. The molecular formula is C26H29Cl2N3O. The molecule has 0 spiro atoms. The Morgan fingerprint density at radius 1 is 1.06 bits per heavy atom. The van der Waals surface area contributed by atoms with Crippen LogP contribution in [0.5, 0.6) is 0 Å². The largest absolute Gasteiger partial charge is 0.350 e. The molecule has 0 radical (unpaired) electrons. The Morgan fingerprint density at radius 3 is 2.50 bits per heavy atom. The van der Waals surface area contributed by atoms with Crippen molar-refractivity contribution in [2.45, 2.75) is 51.6 Å². The number of amides is 2. The lowest BCUT2D eigenvalue weighted by Crippen LogP contribution is -2.39. The maximum absolute atomic E-state index is 13.4. The summed E-state index contributed by atoms with van der Waals surface area (Å²) in [6.45, 7) is 8.22. The van der Waals surface area contributed by atoms with Gasteiger partial charge in [0.2, 0.25) is 0 Å². The first-order chi connectivity index (χ1) is 15.2. The fourth-order valence-corrected chi connectivity index (χ4v) is 4.72. The summed E-state index contributed by atoms with van der Waals surface area (Å²) < 4.78 is 2.26. The maximum atomic E-state index is 13.4. The Morgan fingerprint density at radius 2 is 1.81 bits per heavy atom. The normalized spacial score (nSPS) is 16.4. The van der Waals surface area contributed by atoms with Crippen molar-refractivity contribution in [2.24, 2.45) is 0 Å². The molecule has 32 heavy (non-hydrogen) atoms. The molecule has 0 saturated carbocycles. The molecule has 168 valence electrons. The molecule has 1 unspecified atom stereocenters. The number of carbonyl (C=O) groups excluding carboxylic acids is 1. The van der Waals surface area contributed by atoms with Gasteiger partial charge in [0.05, 0.1) is 16.8 Å². The standard InChI is InChI=1S/C26H29Cl2N3O/c1-26(2,3)19-9-7-18(8-10-19)16-24-23-6-4-13-30(23)14-5-15-31(24)25(32)29-22-12-11-20(27)17-21(22)28/h4,6-13,17,24H,5,14-16H2,1-3H3,(H,29,32). The number of hydrogen-bond donors (Lipinski definition) is 1. The van der Waals surface area contributed by atoms with Gasteiger partial charge in [0.15, 0.2) is 0 Å². The van der Waals surface area contributed by atoms with E-state index in [1.165, 1.54) is 11.1 Å². The minimum Gasteiger partial charge on any atom is -0.350 e. The second-order valence-corrected chi connectivity index (χ2v) is 10.2. The molecule has 3 aromatic rings. The van der Waals surface area contributed by atoms with Gasteiger partial charge in [-0.1, -0.05) is 68.2 Å². The summed E-state index contributed by atoms with van der Waals surface area (Å²) in [6, 6.07) is 17.8. The van der Waals surface area contributed by atoms with Crippen LogP contribution in [0.4, 0.5) is 10.5 Å². The fraction of sp³-hybridized carbons (Fsp3) is 0.346. The maximum Gasteiger partial charge on any atom is 0.322 e. The van der Waals surface area contributed by atoms with Gasteiger partial charge in [-0.25, -0.2) is 4.79 Å². The molecule has 0 fully saturated rings. The van der Waals surface area contributed by atoms with Gasteiger partial charge in [-0.15, -0.1) is 0 Å². The second-order valence-electron chi connectivity index (χ2n) is 9.39. The lowest BCUT2D eigenvalue weighted by molar-refractivity contribution is 0.188. The number of fused-ring (bicyclic) bond motifs is 1. The SMILES string of the molecule is CC(C)(C)c1ccc(CC2c3cccn3CCCN2C(=O)Nc2ccc(Cl)cc2Cl)cc1. The van der Waals surface area contributed by atoms with Crippen molar-refractivity contribution < 1.29 is 4.79 Å². The number of anilines is 1. The van der Waals surface area contributed by atoms with Crippen molar-refractivity contribution in [3.63, 3.8) is 0 Å². The average molecular weight is 470 g/mol. The topological polar surface area (TPSA) is 37.3 Å². The van der Waals surface area contributed by atoms with Crippen LogP contribution in [0.3, 0.4) is 0 Å². The zero-order chi connectivity index (χ0) is 22.9. The van der Waals surface area contributed by atoms with Crippen molar-refractivity contribution in [3.8, 4) is 0 Å². The quantitative estimate of drug-likeness (QED) is 0.428. The van der Waals surface area contributed by atoms with Crippen LogP contribution in [-0.4, -0.2) is 22.0 Å². The van der Waals surface area contributed by atoms with Gasteiger partial charge in [0.1, 0.15) is 0 Å². The van der Waals surface area contributed by atoms with Gasteiger partial charge in [0.25, 0.3) is 0 Å². The minimum absolute atomic E-state index is 0.0703. The Kier molecular flexibility index (Phi) is 6.55. The van der Waals surface area contributed by atoms with E-state index in [1.54, 1.807) is 18.2 Å². The van der Waals surface area contributed by atoms with E-state index in [0.717, 1.165) is 25.1 Å². The molecule has 2 amide bonds. The number of carbonyl (C=O) groups is 1. The average Bonchev–Trinajstić information content (AvgIpc) is 3.13. The third kappa shape index (κ3) is 4.97. The van der Waals surface area contributed by atoms with E-state index in [4.69, 9.17) is 23.2 Å². The number of halogens is 2. The van der Waals surface area contributed by atoms with Crippen molar-refractivity contribution in [1.82, 2.24) is 9.47 Å². The summed E-state index contributed by atoms with van der Waals surface area (Å²) in [5.74, 6) is 0. The van der Waals surface area contributed by atoms with Gasteiger partial charge in [-0.3, -0.25) is 0 Å². The lowest BCUT2D eigenvalue weighted by atomic mass is 9.86. The second kappa shape index (κ2) is 9.21. The smallest absolute Gasteiger partial charge is 0.322 e. The van der Waals surface area contributed by atoms with Gasteiger partial charge >= 0.3 is 6.03 Å². The van der Waals surface area contributed by atoms with Crippen LogP contribution >= 0.6 is 23.2 Å². The molecule has 6 heteroatoms. The van der Waals surface area contributed by atoms with E-state index in [1.807, 2.05) is 4.90 Å². The zero-order valence-electron chi connectivity index (χ0n) is 18.7. The van der Waals surface area contributed by atoms with Crippen LogP contribution in [0.1, 0.15) is 50.1 Å². The highest BCUT2D eigenvalue weighted by molar-refractivity contribution is 6.36. The molecule has 1 N–H and O–H groups in total. The van der Waals surface area contributed by atoms with Crippen molar-refractivity contribution in [2.75, 3.05) is 11.9 Å². The molecule has 0 saturated heterocycles. The zero-order valence-corrected chi connectivity index (χ0v) is 20.2. The van der Waals surface area contributed by atoms with Gasteiger partial charge in [0, 0.05) is 30.0 Å². The molecule has 2 aromatic carbocycles. The fourth-order valence-electron chi connectivity index (χ4n) is 4.26. The summed E-state index contributed by atoms with van der Waals surface area (Å²) in [5, 5.41) is 3.96. The first kappa shape index (κ1) is 22.8. The highest BCUT2D eigenvalue weighted by Crippen LogP contribution is 2.32. The molecule has 2 heterocycles. The number of hydrogen-bond acceptors (Lipinski definition) is 1. The van der Waals surface area contributed by atoms with E-state index in [-0.39, 0.29) is 17.5 Å². The molecule has 1 aromatic heterocycles. The Labute approximate surface area is 200 Å². The summed E-state index contributed by atoms with van der Waals surface area (Å²) in [5.41, 5.74) is 4.34. The number of nitrogens with zero attached hydrogens (tertiary/aromatic N) is 2. The minimum atomic E-state index is -0.153. The van der Waals surface area contributed by atoms with Crippen molar-refractivity contribution >= 4 is 34.9 Å². The summed E-state index contributed by atoms with van der Waals surface area (Å²) in [4.78, 5) is 15.3. The number of benzene rings is 2. The summed E-state index contributed by atoms with van der Waals surface area (Å²) >= 11 is 12.3. The third-order valence-corrected chi connectivity index (χ3v) is 6.61. The summed E-state index contributed by atoms with van der Waals surface area (Å²) in [7, 11) is 0. The number of rotatable bonds is 3. The van der Waals surface area contributed by atoms with Crippen LogP contribution in [-0.2, 0) is 18.4 Å². The molecule has 1 aliphatic rings. The van der Waals surface area contributed by atoms with E-state index < -0.39 is 0 Å². The van der Waals surface area contributed by atoms with E-state index >= 15 is 0 Å². The van der Waals surface area contributed by atoms with Crippen LogP contribution in [0.25, 0.3) is 0 Å².